The van der Waals surface area contributed by atoms with Gasteiger partial charge in [-0.05, 0) is 12.1 Å². The molecule has 0 spiro atoms. The van der Waals surface area contributed by atoms with Crippen molar-refractivity contribution in [1.29, 1.82) is 0 Å². The summed E-state index contributed by atoms with van der Waals surface area (Å²) in [6.07, 6.45) is 1.49. The molecule has 2 aromatic rings. The molecule has 8 nitrogen and oxygen atoms in total. The Kier molecular flexibility index (Phi) is 6.10. The number of benzene rings is 1. The Hall–Kier alpha value is -3.17. The van der Waals surface area contributed by atoms with Gasteiger partial charge in [-0.15, -0.1) is 0 Å². The number of halogens is 2. The van der Waals surface area contributed by atoms with E-state index in [1.54, 1.807) is 30.0 Å². The Labute approximate surface area is 149 Å². The van der Waals surface area contributed by atoms with Crippen LogP contribution in [0.4, 0.5) is 36.7 Å². The zero-order valence-corrected chi connectivity index (χ0v) is 14.8. The number of hydrogen-bond acceptors (Lipinski definition) is 6. The fourth-order valence-electron chi connectivity index (χ4n) is 2.04. The molecular formula is C16H20F2N6O2. The number of carbonyl (C=O) groups is 1. The number of alkyl halides is 2. The fourth-order valence-corrected chi connectivity index (χ4v) is 2.04. The molecule has 0 aliphatic rings. The van der Waals surface area contributed by atoms with Crippen LogP contribution >= 0.6 is 0 Å². The highest BCUT2D eigenvalue weighted by Crippen LogP contribution is 2.24. The summed E-state index contributed by atoms with van der Waals surface area (Å²) in [7, 11) is 7.19. The molecule has 10 heteroatoms. The van der Waals surface area contributed by atoms with E-state index < -0.39 is 12.6 Å². The van der Waals surface area contributed by atoms with Crippen LogP contribution in [0.2, 0.25) is 0 Å². The van der Waals surface area contributed by atoms with E-state index in [-0.39, 0.29) is 5.75 Å². The lowest BCUT2D eigenvalue weighted by molar-refractivity contribution is -0.0497. The molecule has 0 fully saturated rings. The largest absolute Gasteiger partial charge is 0.435 e. The summed E-state index contributed by atoms with van der Waals surface area (Å²) >= 11 is 0. The van der Waals surface area contributed by atoms with Gasteiger partial charge in [0.2, 0.25) is 5.95 Å². The fraction of sp³-hybridized carbons (Fsp3) is 0.312. The summed E-state index contributed by atoms with van der Waals surface area (Å²) in [5.74, 6) is 0.968. The Morgan fingerprint density at radius 3 is 2.50 bits per heavy atom. The van der Waals surface area contributed by atoms with E-state index in [4.69, 9.17) is 0 Å². The van der Waals surface area contributed by atoms with Gasteiger partial charge in [-0.3, -0.25) is 0 Å². The predicted molar refractivity (Wildman–Crippen MR) is 96.4 cm³/mol. The van der Waals surface area contributed by atoms with Gasteiger partial charge in [-0.2, -0.15) is 13.8 Å². The molecule has 1 heterocycles. The zero-order chi connectivity index (χ0) is 19.3. The number of urea groups is 1. The topological polar surface area (TPSA) is 82.6 Å². The van der Waals surface area contributed by atoms with Crippen LogP contribution in [0.3, 0.4) is 0 Å². The van der Waals surface area contributed by atoms with Gasteiger partial charge in [0.15, 0.2) is 5.82 Å². The molecule has 2 amide bonds. The number of nitrogens with zero attached hydrogens (tertiary/aromatic N) is 4. The summed E-state index contributed by atoms with van der Waals surface area (Å²) in [6, 6.07) is 5.14. The maximum atomic E-state index is 12.3. The molecule has 0 bridgehead atoms. The molecule has 1 aromatic carbocycles. The van der Waals surface area contributed by atoms with Crippen molar-refractivity contribution in [2.45, 2.75) is 6.61 Å². The third-order valence-corrected chi connectivity index (χ3v) is 3.14. The highest BCUT2D eigenvalue weighted by atomic mass is 19.3. The van der Waals surface area contributed by atoms with Crippen molar-refractivity contribution < 1.29 is 18.3 Å². The van der Waals surface area contributed by atoms with Crippen molar-refractivity contribution in [3.05, 3.63) is 30.5 Å². The van der Waals surface area contributed by atoms with Gasteiger partial charge < -0.3 is 25.2 Å². The Balaban J connectivity index is 2.12. The highest BCUT2D eigenvalue weighted by Gasteiger charge is 2.13. The van der Waals surface area contributed by atoms with Gasteiger partial charge in [-0.25, -0.2) is 9.78 Å². The molecule has 0 saturated heterocycles. The minimum Gasteiger partial charge on any atom is -0.435 e. The SMILES string of the molecule is CN(C)c1ncc(NC(=O)Nc2cccc(OC(F)F)c2)c(N(C)C)n1. The van der Waals surface area contributed by atoms with Gasteiger partial charge in [0.05, 0.1) is 6.20 Å². The van der Waals surface area contributed by atoms with Crippen LogP contribution in [0.15, 0.2) is 30.5 Å². The van der Waals surface area contributed by atoms with E-state index in [1.165, 1.54) is 24.4 Å². The van der Waals surface area contributed by atoms with Gasteiger partial charge >= 0.3 is 12.6 Å². The number of amides is 2. The van der Waals surface area contributed by atoms with Crippen molar-refractivity contribution in [1.82, 2.24) is 9.97 Å². The number of aromatic nitrogens is 2. The summed E-state index contributed by atoms with van der Waals surface area (Å²) in [6.45, 7) is -2.94. The third-order valence-electron chi connectivity index (χ3n) is 3.14. The first-order chi connectivity index (χ1) is 12.3. The first-order valence-corrected chi connectivity index (χ1v) is 7.61. The Morgan fingerprint density at radius 2 is 1.88 bits per heavy atom. The van der Waals surface area contributed by atoms with Gasteiger partial charge in [0.1, 0.15) is 11.4 Å². The predicted octanol–water partition coefficient (Wildman–Crippen LogP) is 2.85. The average molecular weight is 366 g/mol. The highest BCUT2D eigenvalue weighted by molar-refractivity contribution is 6.01. The Morgan fingerprint density at radius 1 is 1.15 bits per heavy atom. The van der Waals surface area contributed by atoms with Crippen molar-refractivity contribution in [3.63, 3.8) is 0 Å². The molecule has 1 aromatic heterocycles. The van der Waals surface area contributed by atoms with E-state index in [0.717, 1.165) is 0 Å². The molecule has 0 atom stereocenters. The van der Waals surface area contributed by atoms with E-state index in [2.05, 4.69) is 25.3 Å². The molecule has 2 N–H and O–H groups in total. The molecule has 0 unspecified atom stereocenters. The summed E-state index contributed by atoms with van der Waals surface area (Å²) in [4.78, 5) is 24.2. The minimum absolute atomic E-state index is 0.0505. The summed E-state index contributed by atoms with van der Waals surface area (Å²) in [5, 5.41) is 5.19. The lowest BCUT2D eigenvalue weighted by atomic mass is 10.3. The van der Waals surface area contributed by atoms with E-state index in [1.807, 2.05) is 14.1 Å². The second kappa shape index (κ2) is 8.28. The molecule has 2 rings (SSSR count). The van der Waals surface area contributed by atoms with E-state index >= 15 is 0 Å². The molecule has 0 aliphatic heterocycles. The Bertz CT molecular complexity index is 770. The molecule has 0 radical (unpaired) electrons. The van der Waals surface area contributed by atoms with Crippen molar-refractivity contribution in [3.8, 4) is 5.75 Å². The molecular weight excluding hydrogens is 346 g/mol. The summed E-state index contributed by atoms with van der Waals surface area (Å²) < 4.78 is 28.8. The van der Waals surface area contributed by atoms with Crippen LogP contribution in [0, 0.1) is 0 Å². The van der Waals surface area contributed by atoms with Crippen LogP contribution in [0.25, 0.3) is 0 Å². The van der Waals surface area contributed by atoms with Crippen molar-refractivity contribution in [2.24, 2.45) is 0 Å². The first-order valence-electron chi connectivity index (χ1n) is 7.61. The molecule has 0 aliphatic carbocycles. The number of anilines is 4. The average Bonchev–Trinajstić information content (AvgIpc) is 2.54. The van der Waals surface area contributed by atoms with Gasteiger partial charge in [0, 0.05) is 39.9 Å². The molecule has 0 saturated carbocycles. The maximum Gasteiger partial charge on any atom is 0.387 e. The zero-order valence-electron chi connectivity index (χ0n) is 14.8. The minimum atomic E-state index is -2.94. The smallest absolute Gasteiger partial charge is 0.387 e. The number of carbonyl (C=O) groups excluding carboxylic acids is 1. The second-order valence-electron chi connectivity index (χ2n) is 5.68. The van der Waals surface area contributed by atoms with Crippen molar-refractivity contribution >= 4 is 29.2 Å². The van der Waals surface area contributed by atoms with Crippen molar-refractivity contribution in [2.75, 3.05) is 48.6 Å². The number of ether oxygens (including phenoxy) is 1. The second-order valence-corrected chi connectivity index (χ2v) is 5.68. The number of hydrogen-bond donors (Lipinski definition) is 2. The monoisotopic (exact) mass is 366 g/mol. The lowest BCUT2D eigenvalue weighted by Crippen LogP contribution is -2.23. The molecule has 140 valence electrons. The first kappa shape index (κ1) is 19.2. The normalized spacial score (nSPS) is 10.4. The quantitative estimate of drug-likeness (QED) is 0.818. The van der Waals surface area contributed by atoms with Gasteiger partial charge in [-0.1, -0.05) is 6.07 Å². The van der Waals surface area contributed by atoms with E-state index in [9.17, 15) is 13.6 Å². The summed E-state index contributed by atoms with van der Waals surface area (Å²) in [5.41, 5.74) is 0.705. The third kappa shape index (κ3) is 5.16. The van der Waals surface area contributed by atoms with Crippen LogP contribution < -0.4 is 25.2 Å². The number of nitrogens with one attached hydrogen (secondary N) is 2. The van der Waals surface area contributed by atoms with Gasteiger partial charge in [0.25, 0.3) is 0 Å². The molecule has 26 heavy (non-hydrogen) atoms. The van der Waals surface area contributed by atoms with Crippen LogP contribution in [0.1, 0.15) is 0 Å². The van der Waals surface area contributed by atoms with Crippen LogP contribution in [0.5, 0.6) is 5.75 Å². The maximum absolute atomic E-state index is 12.3. The standard InChI is InChI=1S/C16H20F2N6O2/c1-23(2)13-12(9-19-15(22-13)24(3)4)21-16(25)20-10-6-5-7-11(8-10)26-14(17)18/h5-9,14H,1-4H3,(H2,20,21,25). The number of rotatable bonds is 6. The van der Waals surface area contributed by atoms with E-state index in [0.29, 0.717) is 23.1 Å². The van der Waals surface area contributed by atoms with Crippen LogP contribution in [-0.2, 0) is 0 Å². The van der Waals surface area contributed by atoms with Crippen LogP contribution in [-0.4, -0.2) is 50.8 Å². The lowest BCUT2D eigenvalue weighted by Gasteiger charge is -2.19.